The van der Waals surface area contributed by atoms with E-state index in [4.69, 9.17) is 11.6 Å². The molecule has 8 nitrogen and oxygen atoms in total. The Kier molecular flexibility index (Phi) is 5.28. The van der Waals surface area contributed by atoms with E-state index in [1.54, 1.807) is 29.1 Å². The van der Waals surface area contributed by atoms with Gasteiger partial charge in [-0.25, -0.2) is 23.4 Å². The number of rotatable bonds is 7. The van der Waals surface area contributed by atoms with Gasteiger partial charge in [0.1, 0.15) is 29.5 Å². The maximum atomic E-state index is 11.7. The van der Waals surface area contributed by atoms with E-state index in [0.717, 1.165) is 29.9 Å². The molecule has 10 heteroatoms. The molecule has 0 saturated carbocycles. The van der Waals surface area contributed by atoms with Gasteiger partial charge in [-0.3, -0.25) is 9.29 Å². The summed E-state index contributed by atoms with van der Waals surface area (Å²) in [6, 6.07) is 6.96. The summed E-state index contributed by atoms with van der Waals surface area (Å²) in [6.07, 6.45) is 3.16. The molecular weight excluding hydrogens is 376 g/mol. The molecule has 0 saturated heterocycles. The van der Waals surface area contributed by atoms with Crippen LogP contribution >= 0.6 is 11.6 Å². The summed E-state index contributed by atoms with van der Waals surface area (Å²) >= 11 is 5.45. The van der Waals surface area contributed by atoms with Crippen molar-refractivity contribution in [3.63, 3.8) is 0 Å². The Morgan fingerprint density at radius 1 is 1.15 bits per heavy atom. The number of sulfonamides is 1. The standard InChI is InChI=1S/C16H19ClN6O2S/c1-3-22(4-2)15-8-16(19-10-18-15)23-11-20-13-6-5-12(7-14(13)23)21-26(24,25)9-17/h5-8,10-11,21H,3-4,9H2,1-2H3. The Bertz CT molecular complexity index is 1020. The number of alkyl halides is 1. The fraction of sp³-hybridized carbons (Fsp3) is 0.312. The van der Waals surface area contributed by atoms with Gasteiger partial charge in [0, 0.05) is 19.2 Å². The molecule has 0 aliphatic carbocycles. The van der Waals surface area contributed by atoms with E-state index in [9.17, 15) is 8.42 Å². The van der Waals surface area contributed by atoms with Gasteiger partial charge in [0.2, 0.25) is 10.0 Å². The molecule has 0 spiro atoms. The second-order valence-corrected chi connectivity index (χ2v) is 7.86. The number of nitrogens with one attached hydrogen (secondary N) is 1. The highest BCUT2D eigenvalue weighted by Crippen LogP contribution is 2.23. The van der Waals surface area contributed by atoms with Gasteiger partial charge in [-0.15, -0.1) is 11.6 Å². The van der Waals surface area contributed by atoms with Crippen LogP contribution in [0.25, 0.3) is 16.9 Å². The normalized spacial score (nSPS) is 11.7. The van der Waals surface area contributed by atoms with Gasteiger partial charge < -0.3 is 4.90 Å². The zero-order valence-corrected chi connectivity index (χ0v) is 16.0. The van der Waals surface area contributed by atoms with E-state index in [1.165, 1.54) is 6.33 Å². The zero-order chi connectivity index (χ0) is 18.7. The zero-order valence-electron chi connectivity index (χ0n) is 14.4. The quantitative estimate of drug-likeness (QED) is 0.619. The highest BCUT2D eigenvalue weighted by Gasteiger charge is 2.12. The lowest BCUT2D eigenvalue weighted by molar-refractivity contribution is 0.605. The molecule has 0 radical (unpaired) electrons. The van der Waals surface area contributed by atoms with Crippen molar-refractivity contribution in [2.75, 3.05) is 27.9 Å². The Morgan fingerprint density at radius 3 is 2.62 bits per heavy atom. The molecule has 0 bridgehead atoms. The Balaban J connectivity index is 2.04. The van der Waals surface area contributed by atoms with Crippen molar-refractivity contribution in [2.45, 2.75) is 13.8 Å². The lowest BCUT2D eigenvalue weighted by atomic mass is 10.3. The summed E-state index contributed by atoms with van der Waals surface area (Å²) in [5.41, 5.74) is 1.86. The maximum absolute atomic E-state index is 11.7. The summed E-state index contributed by atoms with van der Waals surface area (Å²) in [6.45, 7) is 5.80. The molecule has 0 aliphatic heterocycles. The van der Waals surface area contributed by atoms with Gasteiger partial charge in [-0.1, -0.05) is 0 Å². The van der Waals surface area contributed by atoms with Gasteiger partial charge in [0.25, 0.3) is 0 Å². The Morgan fingerprint density at radius 2 is 1.92 bits per heavy atom. The molecule has 2 aromatic heterocycles. The number of nitrogens with zero attached hydrogens (tertiary/aromatic N) is 5. The molecular formula is C16H19ClN6O2S. The SMILES string of the molecule is CCN(CC)c1cc(-n2cnc3ccc(NS(=O)(=O)CCl)cc32)ncn1. The third-order valence-corrected chi connectivity index (χ3v) is 5.63. The molecule has 1 N–H and O–H groups in total. The molecule has 0 amide bonds. The van der Waals surface area contributed by atoms with Crippen LogP contribution in [0.2, 0.25) is 0 Å². The third-order valence-electron chi connectivity index (χ3n) is 3.94. The van der Waals surface area contributed by atoms with Crippen LogP contribution < -0.4 is 9.62 Å². The molecule has 0 fully saturated rings. The van der Waals surface area contributed by atoms with Crippen LogP contribution in [0, 0.1) is 0 Å². The smallest absolute Gasteiger partial charge is 0.246 e. The number of hydrogen-bond acceptors (Lipinski definition) is 6. The van der Waals surface area contributed by atoms with E-state index in [1.807, 2.05) is 6.07 Å². The third kappa shape index (κ3) is 3.73. The molecule has 26 heavy (non-hydrogen) atoms. The van der Waals surface area contributed by atoms with E-state index < -0.39 is 15.2 Å². The highest BCUT2D eigenvalue weighted by atomic mass is 35.5. The van der Waals surface area contributed by atoms with E-state index in [2.05, 4.69) is 38.4 Å². The van der Waals surface area contributed by atoms with Gasteiger partial charge in [-0.05, 0) is 32.0 Å². The molecule has 1 aromatic carbocycles. The molecule has 0 atom stereocenters. The molecule has 0 aliphatic rings. The molecule has 3 rings (SSSR count). The number of halogens is 1. The van der Waals surface area contributed by atoms with Crippen molar-refractivity contribution in [3.8, 4) is 5.82 Å². The van der Waals surface area contributed by atoms with Crippen molar-refractivity contribution in [1.82, 2.24) is 19.5 Å². The van der Waals surface area contributed by atoms with Crippen LogP contribution in [0.15, 0.2) is 36.9 Å². The maximum Gasteiger partial charge on any atom is 0.246 e. The summed E-state index contributed by atoms with van der Waals surface area (Å²) in [5, 5.41) is -0.510. The van der Waals surface area contributed by atoms with Crippen molar-refractivity contribution in [3.05, 3.63) is 36.9 Å². The van der Waals surface area contributed by atoms with Gasteiger partial charge in [0.05, 0.1) is 16.7 Å². The molecule has 0 unspecified atom stereocenters. The second-order valence-electron chi connectivity index (χ2n) is 5.55. The van der Waals surface area contributed by atoms with Gasteiger partial charge in [0.15, 0.2) is 0 Å². The number of anilines is 2. The summed E-state index contributed by atoms with van der Waals surface area (Å²) in [4.78, 5) is 15.1. The van der Waals surface area contributed by atoms with Crippen molar-refractivity contribution < 1.29 is 8.42 Å². The van der Waals surface area contributed by atoms with Crippen molar-refractivity contribution in [1.29, 1.82) is 0 Å². The largest absolute Gasteiger partial charge is 0.357 e. The highest BCUT2D eigenvalue weighted by molar-refractivity contribution is 7.93. The Hall–Kier alpha value is -2.39. The van der Waals surface area contributed by atoms with Crippen molar-refractivity contribution in [2.24, 2.45) is 0 Å². The number of imidazole rings is 1. The van der Waals surface area contributed by atoms with Crippen LogP contribution in [0.3, 0.4) is 0 Å². The topological polar surface area (TPSA) is 93.0 Å². The lowest BCUT2D eigenvalue weighted by Crippen LogP contribution is -2.23. The number of aromatic nitrogens is 4. The minimum absolute atomic E-state index is 0.415. The molecule has 3 aromatic rings. The van der Waals surface area contributed by atoms with E-state index in [0.29, 0.717) is 11.5 Å². The minimum Gasteiger partial charge on any atom is -0.357 e. The van der Waals surface area contributed by atoms with Crippen LogP contribution in [0.1, 0.15) is 13.8 Å². The monoisotopic (exact) mass is 394 g/mol. The predicted molar refractivity (Wildman–Crippen MR) is 103 cm³/mol. The van der Waals surface area contributed by atoms with Crippen LogP contribution in [0.5, 0.6) is 0 Å². The minimum atomic E-state index is -3.57. The second kappa shape index (κ2) is 7.46. The molecule has 2 heterocycles. The van der Waals surface area contributed by atoms with E-state index in [-0.39, 0.29) is 0 Å². The van der Waals surface area contributed by atoms with E-state index >= 15 is 0 Å². The number of benzene rings is 1. The predicted octanol–water partition coefficient (Wildman–Crippen LogP) is 2.60. The van der Waals surface area contributed by atoms with Crippen LogP contribution in [-0.4, -0.2) is 46.2 Å². The number of hydrogen-bond donors (Lipinski definition) is 1. The van der Waals surface area contributed by atoms with Crippen LogP contribution in [-0.2, 0) is 10.0 Å². The fourth-order valence-electron chi connectivity index (χ4n) is 2.65. The summed E-state index contributed by atoms with van der Waals surface area (Å²) in [7, 11) is -3.57. The average molecular weight is 395 g/mol. The molecule has 138 valence electrons. The fourth-order valence-corrected chi connectivity index (χ4v) is 3.35. The Labute approximate surface area is 156 Å². The van der Waals surface area contributed by atoms with Gasteiger partial charge >= 0.3 is 0 Å². The average Bonchev–Trinajstić information content (AvgIpc) is 3.06. The first-order chi connectivity index (χ1) is 12.5. The number of fused-ring (bicyclic) bond motifs is 1. The summed E-state index contributed by atoms with van der Waals surface area (Å²) in [5.74, 6) is 1.47. The van der Waals surface area contributed by atoms with Gasteiger partial charge in [-0.2, -0.15) is 0 Å². The first-order valence-corrected chi connectivity index (χ1v) is 10.3. The summed E-state index contributed by atoms with van der Waals surface area (Å²) < 4.78 is 27.6. The lowest BCUT2D eigenvalue weighted by Gasteiger charge is -2.19. The van der Waals surface area contributed by atoms with Crippen molar-refractivity contribution >= 4 is 44.2 Å². The first kappa shape index (κ1) is 18.4. The first-order valence-electron chi connectivity index (χ1n) is 8.08. The van der Waals surface area contributed by atoms with Crippen LogP contribution in [0.4, 0.5) is 11.5 Å².